The number of aryl methyl sites for hydroxylation is 1. The molecule has 0 radical (unpaired) electrons. The quantitative estimate of drug-likeness (QED) is 0.610. The molecule has 5 heteroatoms. The summed E-state index contributed by atoms with van der Waals surface area (Å²) in [5, 5.41) is 19.3. The third kappa shape index (κ3) is 2.31. The van der Waals surface area contributed by atoms with Crippen LogP contribution < -0.4 is 0 Å². The minimum atomic E-state index is -0.941. The van der Waals surface area contributed by atoms with Crippen LogP contribution in [0, 0.1) is 17.0 Å². The Hall–Kier alpha value is -1.91. The van der Waals surface area contributed by atoms with Crippen LogP contribution in [0.25, 0.3) is 0 Å². The van der Waals surface area contributed by atoms with E-state index in [0.29, 0.717) is 11.1 Å². The summed E-state index contributed by atoms with van der Waals surface area (Å²) >= 11 is 0. The molecule has 0 amide bonds. The summed E-state index contributed by atoms with van der Waals surface area (Å²) in [4.78, 5) is 20.7. The lowest BCUT2D eigenvalue weighted by molar-refractivity contribution is -0.385. The molecular formula is C10H11NO4. The normalized spacial score (nSPS) is 12.1. The summed E-state index contributed by atoms with van der Waals surface area (Å²) < 4.78 is 0. The van der Waals surface area contributed by atoms with Crippen LogP contribution in [-0.2, 0) is 4.79 Å². The van der Waals surface area contributed by atoms with Gasteiger partial charge in [0, 0.05) is 11.6 Å². The second kappa shape index (κ2) is 4.08. The van der Waals surface area contributed by atoms with Crippen LogP contribution >= 0.6 is 0 Å². The van der Waals surface area contributed by atoms with Gasteiger partial charge >= 0.3 is 5.97 Å². The smallest absolute Gasteiger partial charge is 0.310 e. The fourth-order valence-electron chi connectivity index (χ4n) is 1.30. The molecule has 0 spiro atoms. The van der Waals surface area contributed by atoms with Gasteiger partial charge < -0.3 is 5.11 Å². The number of benzene rings is 1. The second-order valence-corrected chi connectivity index (χ2v) is 3.36. The van der Waals surface area contributed by atoms with Gasteiger partial charge in [-0.15, -0.1) is 0 Å². The monoisotopic (exact) mass is 209 g/mol. The van der Waals surface area contributed by atoms with Gasteiger partial charge in [-0.05, 0) is 25.5 Å². The number of nitro benzene ring substituents is 1. The standard InChI is InChI=1S/C10H11NO4/c1-6-5-8(7(2)10(12)13)3-4-9(6)11(14)15/h3-5,7H,1-2H3,(H,12,13)/t7-/m1/s1. The van der Waals surface area contributed by atoms with E-state index >= 15 is 0 Å². The number of rotatable bonds is 3. The zero-order valence-corrected chi connectivity index (χ0v) is 8.43. The van der Waals surface area contributed by atoms with Gasteiger partial charge in [0.05, 0.1) is 10.8 Å². The van der Waals surface area contributed by atoms with E-state index in [0.717, 1.165) is 0 Å². The predicted molar refractivity (Wildman–Crippen MR) is 53.9 cm³/mol. The van der Waals surface area contributed by atoms with Crippen molar-refractivity contribution in [2.24, 2.45) is 0 Å². The Kier molecular flexibility index (Phi) is 3.04. The summed E-state index contributed by atoms with van der Waals surface area (Å²) in [5.74, 6) is -1.59. The van der Waals surface area contributed by atoms with Crippen molar-refractivity contribution in [2.45, 2.75) is 19.8 Å². The van der Waals surface area contributed by atoms with Crippen molar-refractivity contribution < 1.29 is 14.8 Å². The first-order valence-electron chi connectivity index (χ1n) is 4.41. The molecule has 80 valence electrons. The highest BCUT2D eigenvalue weighted by Crippen LogP contribution is 2.23. The molecule has 0 fully saturated rings. The molecule has 0 aliphatic carbocycles. The number of nitrogens with zero attached hydrogens (tertiary/aromatic N) is 1. The molecule has 1 atom stereocenters. The molecule has 0 aromatic heterocycles. The van der Waals surface area contributed by atoms with Gasteiger partial charge in [-0.25, -0.2) is 0 Å². The van der Waals surface area contributed by atoms with Crippen molar-refractivity contribution in [2.75, 3.05) is 0 Å². The predicted octanol–water partition coefficient (Wildman–Crippen LogP) is 2.09. The summed E-state index contributed by atoms with van der Waals surface area (Å²) in [6, 6.07) is 4.35. The first-order chi connectivity index (χ1) is 6.93. The van der Waals surface area contributed by atoms with Crippen LogP contribution in [0.15, 0.2) is 18.2 Å². The van der Waals surface area contributed by atoms with Gasteiger partial charge in [-0.1, -0.05) is 6.07 Å². The highest BCUT2D eigenvalue weighted by atomic mass is 16.6. The number of carbonyl (C=O) groups is 1. The average molecular weight is 209 g/mol. The highest BCUT2D eigenvalue weighted by molar-refractivity contribution is 5.75. The van der Waals surface area contributed by atoms with Crippen molar-refractivity contribution >= 4 is 11.7 Å². The molecule has 1 aromatic carbocycles. The summed E-state index contributed by atoms with van der Waals surface area (Å²) in [7, 11) is 0. The number of carboxylic acid groups (broad SMARTS) is 1. The van der Waals surface area contributed by atoms with Crippen molar-refractivity contribution in [1.29, 1.82) is 0 Å². The van der Waals surface area contributed by atoms with E-state index < -0.39 is 16.8 Å². The molecule has 5 nitrogen and oxygen atoms in total. The van der Waals surface area contributed by atoms with Crippen molar-refractivity contribution in [3.05, 3.63) is 39.4 Å². The van der Waals surface area contributed by atoms with Crippen LogP contribution in [0.5, 0.6) is 0 Å². The Morgan fingerprint density at radius 3 is 2.53 bits per heavy atom. The first kappa shape index (κ1) is 11.2. The maximum Gasteiger partial charge on any atom is 0.310 e. The molecule has 1 rings (SSSR count). The van der Waals surface area contributed by atoms with E-state index in [-0.39, 0.29) is 5.69 Å². The molecule has 0 aliphatic rings. The van der Waals surface area contributed by atoms with Gasteiger partial charge in [0.15, 0.2) is 0 Å². The molecule has 0 heterocycles. The van der Waals surface area contributed by atoms with Crippen LogP contribution in [-0.4, -0.2) is 16.0 Å². The van der Waals surface area contributed by atoms with Gasteiger partial charge in [-0.2, -0.15) is 0 Å². The van der Waals surface area contributed by atoms with Gasteiger partial charge in [0.1, 0.15) is 0 Å². The fourth-order valence-corrected chi connectivity index (χ4v) is 1.30. The first-order valence-corrected chi connectivity index (χ1v) is 4.41. The Morgan fingerprint density at radius 2 is 2.13 bits per heavy atom. The molecule has 0 bridgehead atoms. The molecule has 1 aromatic rings. The third-order valence-corrected chi connectivity index (χ3v) is 2.29. The molecule has 15 heavy (non-hydrogen) atoms. The molecule has 0 saturated heterocycles. The van der Waals surface area contributed by atoms with E-state index in [1.165, 1.54) is 18.2 Å². The minimum absolute atomic E-state index is 0.0105. The zero-order valence-electron chi connectivity index (χ0n) is 8.43. The maximum atomic E-state index is 10.7. The van der Waals surface area contributed by atoms with Crippen molar-refractivity contribution in [3.8, 4) is 0 Å². The lowest BCUT2D eigenvalue weighted by Gasteiger charge is -2.07. The zero-order chi connectivity index (χ0) is 11.6. The SMILES string of the molecule is Cc1cc([C@@H](C)C(=O)O)ccc1[N+](=O)[O-]. The van der Waals surface area contributed by atoms with Gasteiger partial charge in [0.25, 0.3) is 5.69 Å². The molecular weight excluding hydrogens is 198 g/mol. The Morgan fingerprint density at radius 1 is 1.53 bits per heavy atom. The Labute approximate surface area is 86.5 Å². The van der Waals surface area contributed by atoms with Crippen LogP contribution in [0.4, 0.5) is 5.69 Å². The number of nitro groups is 1. The molecule has 0 unspecified atom stereocenters. The van der Waals surface area contributed by atoms with Gasteiger partial charge in [0.2, 0.25) is 0 Å². The largest absolute Gasteiger partial charge is 0.481 e. The number of carboxylic acids is 1. The lowest BCUT2D eigenvalue weighted by atomic mass is 9.99. The Balaban J connectivity index is 3.12. The van der Waals surface area contributed by atoms with Gasteiger partial charge in [-0.3, -0.25) is 14.9 Å². The van der Waals surface area contributed by atoms with E-state index in [1.54, 1.807) is 13.8 Å². The van der Waals surface area contributed by atoms with E-state index in [1.807, 2.05) is 0 Å². The number of hydrogen-bond donors (Lipinski definition) is 1. The summed E-state index contributed by atoms with van der Waals surface area (Å²) in [5.41, 5.74) is 1.06. The molecule has 0 aliphatic heterocycles. The lowest BCUT2D eigenvalue weighted by Crippen LogP contribution is -2.07. The van der Waals surface area contributed by atoms with Crippen LogP contribution in [0.1, 0.15) is 24.0 Å². The summed E-state index contributed by atoms with van der Waals surface area (Å²) in [6.45, 7) is 3.14. The molecule has 1 N–H and O–H groups in total. The number of hydrogen-bond acceptors (Lipinski definition) is 3. The highest BCUT2D eigenvalue weighted by Gasteiger charge is 2.17. The Bertz CT molecular complexity index is 414. The molecule has 0 saturated carbocycles. The van der Waals surface area contributed by atoms with Crippen LogP contribution in [0.2, 0.25) is 0 Å². The third-order valence-electron chi connectivity index (χ3n) is 2.29. The number of aliphatic carboxylic acids is 1. The minimum Gasteiger partial charge on any atom is -0.481 e. The maximum absolute atomic E-state index is 10.7. The van der Waals surface area contributed by atoms with Crippen LogP contribution in [0.3, 0.4) is 0 Å². The van der Waals surface area contributed by atoms with Crippen molar-refractivity contribution in [3.63, 3.8) is 0 Å². The van der Waals surface area contributed by atoms with E-state index in [4.69, 9.17) is 5.11 Å². The van der Waals surface area contributed by atoms with E-state index in [2.05, 4.69) is 0 Å². The fraction of sp³-hybridized carbons (Fsp3) is 0.300. The topological polar surface area (TPSA) is 80.4 Å². The average Bonchev–Trinajstić information content (AvgIpc) is 2.15. The van der Waals surface area contributed by atoms with E-state index in [9.17, 15) is 14.9 Å². The summed E-state index contributed by atoms with van der Waals surface area (Å²) in [6.07, 6.45) is 0. The van der Waals surface area contributed by atoms with Crippen molar-refractivity contribution in [1.82, 2.24) is 0 Å². The second-order valence-electron chi connectivity index (χ2n) is 3.36.